The van der Waals surface area contributed by atoms with E-state index >= 15 is 0 Å². The van der Waals surface area contributed by atoms with Crippen LogP contribution in [-0.4, -0.2) is 12.8 Å². The van der Waals surface area contributed by atoms with E-state index in [-0.39, 0.29) is 18.7 Å². The molecule has 0 saturated heterocycles. The summed E-state index contributed by atoms with van der Waals surface area (Å²) in [5.41, 5.74) is 2.31. The van der Waals surface area contributed by atoms with Crippen molar-refractivity contribution in [3.8, 4) is 28.4 Å². The number of rotatable bonds is 7. The van der Waals surface area contributed by atoms with Crippen molar-refractivity contribution in [3.05, 3.63) is 78.9 Å². The van der Waals surface area contributed by atoms with Crippen molar-refractivity contribution >= 4 is 5.97 Å². The minimum Gasteiger partial charge on any atom is -0.458 e. The van der Waals surface area contributed by atoms with E-state index in [1.54, 1.807) is 24.3 Å². The molecular weight excluding hydrogens is 376 g/mol. The molecule has 4 nitrogen and oxygen atoms in total. The first-order valence-electron chi connectivity index (χ1n) is 10.5. The first-order valence-corrected chi connectivity index (χ1v) is 10.5. The van der Waals surface area contributed by atoms with Gasteiger partial charge >= 0.3 is 5.97 Å². The highest BCUT2D eigenvalue weighted by molar-refractivity contribution is 5.75. The molecule has 0 amide bonds. The Hall–Kier alpha value is -3.27. The SMILES string of the molecule is O=C(Oc1ccc(OCOc2ccc(-c3ccccc3)cc2)cc1)C1CCCCC1. The molecule has 4 heteroatoms. The second-order valence-corrected chi connectivity index (χ2v) is 7.52. The molecule has 0 atom stereocenters. The van der Waals surface area contributed by atoms with E-state index in [4.69, 9.17) is 14.2 Å². The first-order chi connectivity index (χ1) is 14.8. The van der Waals surface area contributed by atoms with Gasteiger partial charge in [0.1, 0.15) is 17.2 Å². The van der Waals surface area contributed by atoms with Crippen LogP contribution < -0.4 is 14.2 Å². The second-order valence-electron chi connectivity index (χ2n) is 7.52. The zero-order valence-electron chi connectivity index (χ0n) is 17.0. The molecule has 1 aliphatic carbocycles. The Morgan fingerprint density at radius 1 is 0.667 bits per heavy atom. The van der Waals surface area contributed by atoms with Gasteiger partial charge in [-0.1, -0.05) is 61.7 Å². The van der Waals surface area contributed by atoms with Gasteiger partial charge in [-0.2, -0.15) is 0 Å². The Labute approximate surface area is 177 Å². The number of esters is 1. The largest absolute Gasteiger partial charge is 0.458 e. The lowest BCUT2D eigenvalue weighted by atomic mass is 9.89. The summed E-state index contributed by atoms with van der Waals surface area (Å²) in [5, 5.41) is 0. The molecule has 0 aliphatic heterocycles. The van der Waals surface area contributed by atoms with Crippen LogP contribution in [0.1, 0.15) is 32.1 Å². The van der Waals surface area contributed by atoms with E-state index in [9.17, 15) is 4.79 Å². The Morgan fingerprint density at radius 2 is 1.20 bits per heavy atom. The van der Waals surface area contributed by atoms with Gasteiger partial charge in [0.25, 0.3) is 0 Å². The number of carbonyl (C=O) groups excluding carboxylic acids is 1. The van der Waals surface area contributed by atoms with Gasteiger partial charge in [0.05, 0.1) is 5.92 Å². The van der Waals surface area contributed by atoms with Crippen LogP contribution in [0.4, 0.5) is 0 Å². The van der Waals surface area contributed by atoms with Crippen LogP contribution in [0.3, 0.4) is 0 Å². The van der Waals surface area contributed by atoms with Crippen LogP contribution in [0, 0.1) is 5.92 Å². The fourth-order valence-electron chi connectivity index (χ4n) is 3.68. The second kappa shape index (κ2) is 9.97. The Bertz CT molecular complexity index is 927. The molecule has 154 valence electrons. The van der Waals surface area contributed by atoms with E-state index < -0.39 is 0 Å². The molecule has 0 aromatic heterocycles. The Balaban J connectivity index is 1.24. The lowest BCUT2D eigenvalue weighted by molar-refractivity contribution is -0.139. The van der Waals surface area contributed by atoms with E-state index in [0.29, 0.717) is 11.5 Å². The third-order valence-corrected chi connectivity index (χ3v) is 5.39. The third-order valence-electron chi connectivity index (χ3n) is 5.39. The lowest BCUT2D eigenvalue weighted by Gasteiger charge is -2.19. The summed E-state index contributed by atoms with van der Waals surface area (Å²) in [6.45, 7) is 0.103. The predicted molar refractivity (Wildman–Crippen MR) is 117 cm³/mol. The standard InChI is InChI=1S/C26H26O4/c27-26(22-9-5-2-6-10-22)30-25-17-15-24(16-18-25)29-19-28-23-13-11-21(12-14-23)20-7-3-1-4-8-20/h1,3-4,7-8,11-18,22H,2,5-6,9-10,19H2. The van der Waals surface area contributed by atoms with Gasteiger partial charge in [0.15, 0.2) is 0 Å². The number of hydrogen-bond acceptors (Lipinski definition) is 4. The number of carbonyl (C=O) groups is 1. The highest BCUT2D eigenvalue weighted by Gasteiger charge is 2.22. The van der Waals surface area contributed by atoms with Crippen LogP contribution in [0.2, 0.25) is 0 Å². The number of hydrogen-bond donors (Lipinski definition) is 0. The van der Waals surface area contributed by atoms with Crippen molar-refractivity contribution in [1.82, 2.24) is 0 Å². The molecule has 0 radical (unpaired) electrons. The zero-order chi connectivity index (χ0) is 20.6. The molecule has 4 rings (SSSR count). The maximum atomic E-state index is 12.2. The van der Waals surface area contributed by atoms with Gasteiger partial charge in [-0.05, 0) is 60.4 Å². The fourth-order valence-corrected chi connectivity index (χ4v) is 3.68. The average molecular weight is 402 g/mol. The molecule has 0 spiro atoms. The van der Waals surface area contributed by atoms with Crippen molar-refractivity contribution in [2.24, 2.45) is 5.92 Å². The van der Waals surface area contributed by atoms with Gasteiger partial charge in [0.2, 0.25) is 6.79 Å². The molecule has 0 heterocycles. The quantitative estimate of drug-likeness (QED) is 0.266. The van der Waals surface area contributed by atoms with E-state index in [2.05, 4.69) is 12.1 Å². The van der Waals surface area contributed by atoms with E-state index in [1.807, 2.05) is 42.5 Å². The summed E-state index contributed by atoms with van der Waals surface area (Å²) in [6, 6.07) is 25.2. The molecule has 0 bridgehead atoms. The highest BCUT2D eigenvalue weighted by Crippen LogP contribution is 2.26. The monoisotopic (exact) mass is 402 g/mol. The number of benzene rings is 3. The van der Waals surface area contributed by atoms with E-state index in [0.717, 1.165) is 37.0 Å². The minimum absolute atomic E-state index is 0.0383. The van der Waals surface area contributed by atoms with E-state index in [1.165, 1.54) is 12.0 Å². The van der Waals surface area contributed by atoms with Crippen LogP contribution >= 0.6 is 0 Å². The molecule has 0 N–H and O–H groups in total. The number of ether oxygens (including phenoxy) is 3. The van der Waals surface area contributed by atoms with Crippen molar-refractivity contribution in [2.75, 3.05) is 6.79 Å². The van der Waals surface area contributed by atoms with Gasteiger partial charge in [-0.3, -0.25) is 4.79 Å². The maximum Gasteiger partial charge on any atom is 0.314 e. The summed E-state index contributed by atoms with van der Waals surface area (Å²) in [7, 11) is 0. The summed E-state index contributed by atoms with van der Waals surface area (Å²) in [5.74, 6) is 1.87. The lowest BCUT2D eigenvalue weighted by Crippen LogP contribution is -2.22. The molecule has 1 fully saturated rings. The van der Waals surface area contributed by atoms with Crippen LogP contribution in [0.25, 0.3) is 11.1 Å². The van der Waals surface area contributed by atoms with Crippen molar-refractivity contribution in [3.63, 3.8) is 0 Å². The highest BCUT2D eigenvalue weighted by atomic mass is 16.7. The zero-order valence-corrected chi connectivity index (χ0v) is 17.0. The summed E-state index contributed by atoms with van der Waals surface area (Å²) < 4.78 is 16.8. The molecule has 1 saturated carbocycles. The smallest absolute Gasteiger partial charge is 0.314 e. The predicted octanol–water partition coefficient (Wildman–Crippen LogP) is 6.25. The Morgan fingerprint density at radius 3 is 1.83 bits per heavy atom. The van der Waals surface area contributed by atoms with Crippen molar-refractivity contribution in [2.45, 2.75) is 32.1 Å². The summed E-state index contributed by atoms with van der Waals surface area (Å²) >= 11 is 0. The average Bonchev–Trinajstić information content (AvgIpc) is 2.82. The van der Waals surface area contributed by atoms with Gasteiger partial charge < -0.3 is 14.2 Å². The normalized spacial score (nSPS) is 14.1. The van der Waals surface area contributed by atoms with Crippen LogP contribution in [0.15, 0.2) is 78.9 Å². The van der Waals surface area contributed by atoms with Gasteiger partial charge in [-0.15, -0.1) is 0 Å². The minimum atomic E-state index is -0.120. The van der Waals surface area contributed by atoms with Crippen LogP contribution in [-0.2, 0) is 4.79 Å². The molecule has 3 aromatic carbocycles. The summed E-state index contributed by atoms with van der Waals surface area (Å²) in [6.07, 6.45) is 5.31. The molecular formula is C26H26O4. The van der Waals surface area contributed by atoms with Crippen molar-refractivity contribution < 1.29 is 19.0 Å². The molecule has 3 aromatic rings. The Kier molecular flexibility index (Phi) is 6.65. The van der Waals surface area contributed by atoms with Crippen LogP contribution in [0.5, 0.6) is 17.2 Å². The molecule has 0 unspecified atom stereocenters. The maximum absolute atomic E-state index is 12.2. The topological polar surface area (TPSA) is 44.8 Å². The van der Waals surface area contributed by atoms with Gasteiger partial charge in [-0.25, -0.2) is 0 Å². The van der Waals surface area contributed by atoms with Gasteiger partial charge in [0, 0.05) is 0 Å². The first kappa shape index (κ1) is 20.0. The van der Waals surface area contributed by atoms with Crippen molar-refractivity contribution in [1.29, 1.82) is 0 Å². The fraction of sp³-hybridized carbons (Fsp3) is 0.269. The molecule has 1 aliphatic rings. The molecule has 30 heavy (non-hydrogen) atoms. The summed E-state index contributed by atoms with van der Waals surface area (Å²) in [4.78, 5) is 12.2. The third kappa shape index (κ3) is 5.41.